The Balaban J connectivity index is 1.98. The van der Waals surface area contributed by atoms with Gasteiger partial charge in [-0.15, -0.1) is 0 Å². The number of carbonyl (C=O) groups excluding carboxylic acids is 1. The normalized spacial score (nSPS) is 12.0. The van der Waals surface area contributed by atoms with Crippen molar-refractivity contribution in [1.82, 2.24) is 4.98 Å². The largest absolute Gasteiger partial charge is 0.294 e. The molecule has 1 aromatic heterocycles. The monoisotopic (exact) mass is 413 g/mol. The van der Waals surface area contributed by atoms with Crippen molar-refractivity contribution >= 4 is 33.3 Å². The molecular weight excluding hydrogens is 398 g/mol. The van der Waals surface area contributed by atoms with Crippen LogP contribution >= 0.6 is 27.5 Å². The predicted molar refractivity (Wildman–Crippen MR) is 105 cm³/mol. The predicted octanol–water partition coefficient (Wildman–Crippen LogP) is 6.21. The summed E-state index contributed by atoms with van der Waals surface area (Å²) in [6.07, 6.45) is 1.95. The average molecular weight is 415 g/mol. The fourth-order valence-corrected chi connectivity index (χ4v) is 3.40. The zero-order valence-electron chi connectivity index (χ0n) is 13.7. The van der Waals surface area contributed by atoms with E-state index in [9.17, 15) is 4.79 Å². The summed E-state index contributed by atoms with van der Waals surface area (Å²) in [7, 11) is 0. The molecule has 0 saturated heterocycles. The van der Waals surface area contributed by atoms with Crippen LogP contribution in [0.3, 0.4) is 0 Å². The Bertz CT molecular complexity index is 892. The summed E-state index contributed by atoms with van der Waals surface area (Å²) in [5.74, 6) is 0.0502. The van der Waals surface area contributed by atoms with Crippen LogP contribution in [-0.4, -0.2) is 10.8 Å². The van der Waals surface area contributed by atoms with Gasteiger partial charge in [0, 0.05) is 28.6 Å². The van der Waals surface area contributed by atoms with Gasteiger partial charge in [0.1, 0.15) is 5.15 Å². The second kappa shape index (κ2) is 7.94. The van der Waals surface area contributed by atoms with E-state index >= 15 is 0 Å². The molecule has 4 heteroatoms. The molecule has 0 fully saturated rings. The Labute approximate surface area is 161 Å². The minimum absolute atomic E-state index is 0.00580. The Hall–Kier alpha value is -1.97. The molecule has 1 heterocycles. The summed E-state index contributed by atoms with van der Waals surface area (Å²) in [5.41, 5.74) is 4.05. The van der Waals surface area contributed by atoms with Crippen molar-refractivity contribution in [3.05, 3.63) is 98.7 Å². The molecule has 0 radical (unpaired) electrons. The molecule has 3 rings (SSSR count). The molecular formula is C21H17BrClNO. The Kier molecular flexibility index (Phi) is 5.67. The first kappa shape index (κ1) is 17.8. The van der Waals surface area contributed by atoms with Gasteiger partial charge in [0.2, 0.25) is 0 Å². The number of halogens is 2. The maximum Gasteiger partial charge on any atom is 0.163 e. The first-order valence-electron chi connectivity index (χ1n) is 8.00. The number of ketones is 1. The lowest BCUT2D eigenvalue weighted by Crippen LogP contribution is -2.10. The van der Waals surface area contributed by atoms with E-state index in [1.54, 1.807) is 18.3 Å². The molecule has 126 valence electrons. The highest BCUT2D eigenvalue weighted by molar-refractivity contribution is 9.10. The number of hydrogen-bond acceptors (Lipinski definition) is 2. The van der Waals surface area contributed by atoms with Gasteiger partial charge in [0.25, 0.3) is 0 Å². The van der Waals surface area contributed by atoms with Gasteiger partial charge < -0.3 is 0 Å². The first-order chi connectivity index (χ1) is 12.0. The molecule has 0 aliphatic carbocycles. The number of Topliss-reactive ketones (excluding diaryl/α,β-unsaturated/α-hetero) is 1. The zero-order valence-corrected chi connectivity index (χ0v) is 16.1. The van der Waals surface area contributed by atoms with Gasteiger partial charge in [0.15, 0.2) is 5.78 Å². The quantitative estimate of drug-likeness (QED) is 0.367. The van der Waals surface area contributed by atoms with Gasteiger partial charge in [-0.2, -0.15) is 0 Å². The minimum atomic E-state index is -0.00580. The maximum atomic E-state index is 12.8. The number of rotatable bonds is 5. The van der Waals surface area contributed by atoms with E-state index < -0.39 is 0 Å². The molecule has 1 unspecified atom stereocenters. The van der Waals surface area contributed by atoms with Crippen molar-refractivity contribution in [2.45, 2.75) is 19.3 Å². The number of aromatic nitrogens is 1. The van der Waals surface area contributed by atoms with Crippen LogP contribution in [0.1, 0.15) is 39.4 Å². The van der Waals surface area contributed by atoms with Gasteiger partial charge in [-0.25, -0.2) is 4.98 Å². The number of nitrogens with zero attached hydrogens (tertiary/aromatic N) is 1. The van der Waals surface area contributed by atoms with Crippen LogP contribution in [0.15, 0.2) is 71.3 Å². The smallest absolute Gasteiger partial charge is 0.163 e. The molecule has 0 bridgehead atoms. The molecule has 1 atom stereocenters. The summed E-state index contributed by atoms with van der Waals surface area (Å²) in [4.78, 5) is 16.8. The second-order valence-electron chi connectivity index (χ2n) is 5.96. The zero-order chi connectivity index (χ0) is 17.8. The highest BCUT2D eigenvalue weighted by Crippen LogP contribution is 2.32. The van der Waals surface area contributed by atoms with Crippen molar-refractivity contribution in [1.29, 1.82) is 0 Å². The summed E-state index contributed by atoms with van der Waals surface area (Å²) in [6.45, 7) is 2.08. The van der Waals surface area contributed by atoms with Gasteiger partial charge in [0.05, 0.1) is 0 Å². The summed E-state index contributed by atoms with van der Waals surface area (Å²) < 4.78 is 1.02. The van der Waals surface area contributed by atoms with E-state index in [-0.39, 0.29) is 11.7 Å². The topological polar surface area (TPSA) is 30.0 Å². The van der Waals surface area contributed by atoms with Crippen LogP contribution in [0.4, 0.5) is 0 Å². The molecule has 0 saturated carbocycles. The molecule has 2 aromatic carbocycles. The van der Waals surface area contributed by atoms with Crippen molar-refractivity contribution < 1.29 is 4.79 Å². The second-order valence-corrected chi connectivity index (χ2v) is 7.26. The van der Waals surface area contributed by atoms with E-state index in [1.807, 2.05) is 24.3 Å². The number of hydrogen-bond donors (Lipinski definition) is 0. The lowest BCUT2D eigenvalue weighted by molar-refractivity contribution is 0.0977. The molecule has 0 spiro atoms. The van der Waals surface area contributed by atoms with Crippen LogP contribution in [0.25, 0.3) is 0 Å². The third-order valence-corrected chi connectivity index (χ3v) is 5.01. The van der Waals surface area contributed by atoms with Crippen molar-refractivity contribution in [2.75, 3.05) is 0 Å². The van der Waals surface area contributed by atoms with Crippen LogP contribution in [-0.2, 0) is 0 Å². The van der Waals surface area contributed by atoms with Crippen LogP contribution in [0.2, 0.25) is 5.15 Å². The standard InChI is InChI=1S/C21H17BrClNO/c1-14-4-2-3-5-18(14)19(15-6-8-17(22)9-7-15)13-20(25)16-10-11-24-21(23)12-16/h2-12,19H,13H2,1H3. The first-order valence-corrected chi connectivity index (χ1v) is 9.17. The summed E-state index contributed by atoms with van der Waals surface area (Å²) in [6, 6.07) is 19.7. The van der Waals surface area contributed by atoms with Gasteiger partial charge in [-0.1, -0.05) is 63.9 Å². The van der Waals surface area contributed by atoms with E-state index in [4.69, 9.17) is 11.6 Å². The maximum absolute atomic E-state index is 12.8. The molecule has 0 aliphatic heterocycles. The van der Waals surface area contributed by atoms with Gasteiger partial charge >= 0.3 is 0 Å². The Morgan fingerprint density at radius 3 is 2.52 bits per heavy atom. The van der Waals surface area contributed by atoms with E-state index in [0.717, 1.165) is 10.0 Å². The SMILES string of the molecule is Cc1ccccc1C(CC(=O)c1ccnc(Cl)c1)c1ccc(Br)cc1. The fourth-order valence-electron chi connectivity index (χ4n) is 2.96. The lowest BCUT2D eigenvalue weighted by atomic mass is 9.84. The Morgan fingerprint density at radius 1 is 1.12 bits per heavy atom. The summed E-state index contributed by atoms with van der Waals surface area (Å²) >= 11 is 9.41. The average Bonchev–Trinajstić information content (AvgIpc) is 2.61. The van der Waals surface area contributed by atoms with Crippen LogP contribution < -0.4 is 0 Å². The lowest BCUT2D eigenvalue weighted by Gasteiger charge is -2.20. The molecule has 0 aliphatic rings. The van der Waals surface area contributed by atoms with E-state index in [1.165, 1.54) is 11.1 Å². The minimum Gasteiger partial charge on any atom is -0.294 e. The number of aryl methyl sites for hydroxylation is 1. The van der Waals surface area contributed by atoms with Crippen molar-refractivity contribution in [2.24, 2.45) is 0 Å². The number of pyridine rings is 1. The highest BCUT2D eigenvalue weighted by Gasteiger charge is 2.21. The fraction of sp³-hybridized carbons (Fsp3) is 0.143. The molecule has 2 nitrogen and oxygen atoms in total. The highest BCUT2D eigenvalue weighted by atomic mass is 79.9. The van der Waals surface area contributed by atoms with Crippen LogP contribution in [0.5, 0.6) is 0 Å². The molecule has 0 amide bonds. The van der Waals surface area contributed by atoms with E-state index in [2.05, 4.69) is 52.1 Å². The Morgan fingerprint density at radius 2 is 1.84 bits per heavy atom. The third-order valence-electron chi connectivity index (χ3n) is 4.27. The van der Waals surface area contributed by atoms with E-state index in [0.29, 0.717) is 17.1 Å². The van der Waals surface area contributed by atoms with Gasteiger partial charge in [-0.05, 0) is 47.9 Å². The van der Waals surface area contributed by atoms with Gasteiger partial charge in [-0.3, -0.25) is 4.79 Å². The third kappa shape index (κ3) is 4.36. The van der Waals surface area contributed by atoms with Crippen molar-refractivity contribution in [3.63, 3.8) is 0 Å². The van der Waals surface area contributed by atoms with Crippen LogP contribution in [0, 0.1) is 6.92 Å². The molecule has 25 heavy (non-hydrogen) atoms. The number of benzene rings is 2. The summed E-state index contributed by atoms with van der Waals surface area (Å²) in [5, 5.41) is 0.335. The molecule has 0 N–H and O–H groups in total. The van der Waals surface area contributed by atoms with Crippen molar-refractivity contribution in [3.8, 4) is 0 Å². The molecule has 3 aromatic rings. The number of carbonyl (C=O) groups is 1.